The summed E-state index contributed by atoms with van der Waals surface area (Å²) < 4.78 is 36.0. The number of allylic oxidation sites excluding steroid dienone is 1. The first-order valence-corrected chi connectivity index (χ1v) is 2.98. The van der Waals surface area contributed by atoms with Gasteiger partial charge in [0.25, 0.3) is 0 Å². The van der Waals surface area contributed by atoms with E-state index in [9.17, 15) is 13.2 Å². The molecule has 0 aromatic rings. The fraction of sp³-hybridized carbons (Fsp3) is 0.600. The summed E-state index contributed by atoms with van der Waals surface area (Å²) in [5.41, 5.74) is 2.91. The Morgan fingerprint density at radius 1 is 1.55 bits per heavy atom. The van der Waals surface area contributed by atoms with E-state index in [2.05, 4.69) is 5.53 Å². The lowest BCUT2D eigenvalue weighted by molar-refractivity contribution is -0.810. The van der Waals surface area contributed by atoms with Gasteiger partial charge in [0.15, 0.2) is 0 Å². The SMILES string of the molecule is CN1C=C(C(F)(F)F)[NH+](C)[N-]1. The van der Waals surface area contributed by atoms with E-state index in [0.29, 0.717) is 0 Å². The van der Waals surface area contributed by atoms with Crippen LogP contribution < -0.4 is 5.01 Å². The third-order valence-electron chi connectivity index (χ3n) is 1.32. The summed E-state index contributed by atoms with van der Waals surface area (Å²) in [6.07, 6.45) is -3.31. The highest BCUT2D eigenvalue weighted by Crippen LogP contribution is 2.23. The van der Waals surface area contributed by atoms with E-state index >= 15 is 0 Å². The van der Waals surface area contributed by atoms with Gasteiger partial charge in [0.05, 0.1) is 13.2 Å². The van der Waals surface area contributed by atoms with Crippen molar-refractivity contribution in [3.05, 3.63) is 17.4 Å². The predicted octanol–water partition coefficient (Wildman–Crippen LogP) is 0.0539. The van der Waals surface area contributed by atoms with Crippen LogP contribution in [0.25, 0.3) is 5.53 Å². The molecule has 0 amide bonds. The number of rotatable bonds is 0. The Labute approximate surface area is 62.0 Å². The molecule has 0 saturated carbocycles. The van der Waals surface area contributed by atoms with Gasteiger partial charge in [-0.1, -0.05) is 0 Å². The molecule has 0 aliphatic carbocycles. The number of hydrogen-bond acceptors (Lipinski definition) is 1. The van der Waals surface area contributed by atoms with Crippen LogP contribution in [0.15, 0.2) is 11.9 Å². The van der Waals surface area contributed by atoms with Crippen LogP contribution in [-0.4, -0.2) is 25.3 Å². The zero-order valence-electron chi connectivity index (χ0n) is 6.11. The second kappa shape index (κ2) is 2.38. The minimum absolute atomic E-state index is 0.0139. The number of alkyl halides is 3. The van der Waals surface area contributed by atoms with Gasteiger partial charge in [0, 0.05) is 0 Å². The van der Waals surface area contributed by atoms with Crippen molar-refractivity contribution in [2.24, 2.45) is 0 Å². The molecule has 0 aromatic heterocycles. The summed E-state index contributed by atoms with van der Waals surface area (Å²) in [4.78, 5) is 0. The highest BCUT2D eigenvalue weighted by Gasteiger charge is 2.41. The lowest BCUT2D eigenvalue weighted by atomic mass is 10.4. The average molecular weight is 167 g/mol. The van der Waals surface area contributed by atoms with Gasteiger partial charge < -0.3 is 15.6 Å². The van der Waals surface area contributed by atoms with Gasteiger partial charge in [-0.05, 0) is 7.05 Å². The molecule has 0 radical (unpaired) electrons. The summed E-state index contributed by atoms with van der Waals surface area (Å²) in [7, 11) is 2.80. The third-order valence-corrected chi connectivity index (χ3v) is 1.32. The summed E-state index contributed by atoms with van der Waals surface area (Å²) in [5, 5.41) is 1.16. The van der Waals surface area contributed by atoms with Gasteiger partial charge in [0.2, 0.25) is 5.70 Å². The maximum atomic E-state index is 12.0. The minimum atomic E-state index is -4.28. The smallest absolute Gasteiger partial charge is 0.429 e. The van der Waals surface area contributed by atoms with Crippen LogP contribution in [0.4, 0.5) is 13.2 Å². The van der Waals surface area contributed by atoms with Gasteiger partial charge in [-0.15, -0.1) is 0 Å². The molecule has 1 N–H and O–H groups in total. The fourth-order valence-corrected chi connectivity index (χ4v) is 0.878. The molecule has 3 nitrogen and oxygen atoms in total. The van der Waals surface area contributed by atoms with Crippen molar-refractivity contribution in [1.82, 2.24) is 5.01 Å². The van der Waals surface area contributed by atoms with Crippen LogP contribution in [0.1, 0.15) is 0 Å². The second-order valence-electron chi connectivity index (χ2n) is 2.30. The van der Waals surface area contributed by atoms with Gasteiger partial charge >= 0.3 is 6.18 Å². The Morgan fingerprint density at radius 2 is 2.09 bits per heavy atom. The Hall–Kier alpha value is -0.750. The van der Waals surface area contributed by atoms with Gasteiger partial charge in [-0.25, -0.2) is 0 Å². The molecule has 0 saturated heterocycles. The Bertz CT molecular complexity index is 186. The lowest BCUT2D eigenvalue weighted by Gasteiger charge is -2.26. The van der Waals surface area contributed by atoms with Crippen LogP contribution in [0.2, 0.25) is 0 Å². The van der Waals surface area contributed by atoms with Crippen molar-refractivity contribution in [3.8, 4) is 0 Å². The molecule has 0 fully saturated rings. The van der Waals surface area contributed by atoms with E-state index in [1.165, 1.54) is 14.1 Å². The van der Waals surface area contributed by atoms with E-state index in [-0.39, 0.29) is 5.01 Å². The summed E-state index contributed by atoms with van der Waals surface area (Å²) in [6, 6.07) is 0. The van der Waals surface area contributed by atoms with E-state index in [1.807, 2.05) is 0 Å². The van der Waals surface area contributed by atoms with Crippen molar-refractivity contribution in [1.29, 1.82) is 0 Å². The quantitative estimate of drug-likeness (QED) is 0.541. The number of nitrogens with zero attached hydrogens (tertiary/aromatic N) is 2. The molecule has 0 aromatic carbocycles. The van der Waals surface area contributed by atoms with Crippen molar-refractivity contribution >= 4 is 0 Å². The standard InChI is InChI=1S/C5H8F3N3/c1-10-3-4(5(6,7)8)11(2)9-10/h3,11H,1-2H3. The maximum Gasteiger partial charge on any atom is 0.467 e. The summed E-state index contributed by atoms with van der Waals surface area (Å²) in [5.74, 6) is 0. The van der Waals surface area contributed by atoms with Gasteiger partial charge in [0.1, 0.15) is 0 Å². The van der Waals surface area contributed by atoms with Crippen LogP contribution in [-0.2, 0) is 0 Å². The predicted molar refractivity (Wildman–Crippen MR) is 32.1 cm³/mol. The van der Waals surface area contributed by atoms with Crippen LogP contribution >= 0.6 is 0 Å². The average Bonchev–Trinajstić information content (AvgIpc) is 2.08. The number of quaternary nitrogens is 1. The molecule has 0 spiro atoms. The highest BCUT2D eigenvalue weighted by molar-refractivity contribution is 5.03. The largest absolute Gasteiger partial charge is 0.467 e. The van der Waals surface area contributed by atoms with E-state index in [1.54, 1.807) is 0 Å². The second-order valence-corrected chi connectivity index (χ2v) is 2.30. The molecule has 1 unspecified atom stereocenters. The zero-order valence-corrected chi connectivity index (χ0v) is 6.11. The molecule has 11 heavy (non-hydrogen) atoms. The molecule has 1 atom stereocenters. The molecule has 1 heterocycles. The van der Waals surface area contributed by atoms with Gasteiger partial charge in [-0.3, -0.25) is 0 Å². The summed E-state index contributed by atoms with van der Waals surface area (Å²) in [6.45, 7) is 0. The van der Waals surface area contributed by atoms with Crippen LogP contribution in [0.5, 0.6) is 0 Å². The number of halogens is 3. The topological polar surface area (TPSA) is 21.8 Å². The molecular weight excluding hydrogens is 159 g/mol. The molecule has 64 valence electrons. The monoisotopic (exact) mass is 167 g/mol. The Kier molecular flexibility index (Phi) is 1.81. The molecule has 1 aliphatic heterocycles. The van der Waals surface area contributed by atoms with E-state index in [4.69, 9.17) is 0 Å². The first-order valence-electron chi connectivity index (χ1n) is 2.98. The Morgan fingerprint density at radius 3 is 2.27 bits per heavy atom. The van der Waals surface area contributed by atoms with Crippen LogP contribution in [0, 0.1) is 0 Å². The molecule has 0 bridgehead atoms. The van der Waals surface area contributed by atoms with Crippen molar-refractivity contribution in [3.63, 3.8) is 0 Å². The first-order chi connectivity index (χ1) is 4.91. The first kappa shape index (κ1) is 8.35. The number of hydrogen-bond donors (Lipinski definition) is 1. The zero-order chi connectivity index (χ0) is 8.65. The molecule has 1 aliphatic rings. The maximum absolute atomic E-state index is 12.0. The van der Waals surface area contributed by atoms with Crippen molar-refractivity contribution < 1.29 is 18.2 Å². The normalized spacial score (nSPS) is 25.7. The van der Waals surface area contributed by atoms with Gasteiger partial charge in [-0.2, -0.15) is 13.2 Å². The highest BCUT2D eigenvalue weighted by atomic mass is 19.4. The molecular formula is C5H8F3N3. The van der Waals surface area contributed by atoms with Crippen molar-refractivity contribution in [2.75, 3.05) is 14.1 Å². The van der Waals surface area contributed by atoms with E-state index < -0.39 is 11.9 Å². The molecule has 1 rings (SSSR count). The Balaban J connectivity index is 2.80. The van der Waals surface area contributed by atoms with Crippen LogP contribution in [0.3, 0.4) is 0 Å². The molecule has 6 heteroatoms. The lowest BCUT2D eigenvalue weighted by Crippen LogP contribution is -3.03. The minimum Gasteiger partial charge on any atom is -0.429 e. The third kappa shape index (κ3) is 1.63. The number of nitrogens with one attached hydrogen (secondary N) is 1. The van der Waals surface area contributed by atoms with Crippen molar-refractivity contribution in [2.45, 2.75) is 6.18 Å². The van der Waals surface area contributed by atoms with E-state index in [0.717, 1.165) is 11.2 Å². The summed E-state index contributed by atoms with van der Waals surface area (Å²) >= 11 is 0. The fourth-order valence-electron chi connectivity index (χ4n) is 0.878.